The lowest BCUT2D eigenvalue weighted by Gasteiger charge is -2.14. The Hall–Kier alpha value is -2.04. The van der Waals surface area contributed by atoms with Crippen molar-refractivity contribution < 1.29 is 19.4 Å². The van der Waals surface area contributed by atoms with Crippen LogP contribution in [0.1, 0.15) is 17.5 Å². The third-order valence-corrected chi connectivity index (χ3v) is 3.87. The molecule has 1 N–H and O–H groups in total. The van der Waals surface area contributed by atoms with Crippen LogP contribution in [0.25, 0.3) is 0 Å². The smallest absolute Gasteiger partial charge is 0.307 e. The Morgan fingerprint density at radius 2 is 2.00 bits per heavy atom. The quantitative estimate of drug-likeness (QED) is 0.889. The van der Waals surface area contributed by atoms with E-state index in [2.05, 4.69) is 0 Å². The summed E-state index contributed by atoms with van der Waals surface area (Å²) in [7, 11) is 1.61. The fraction of sp³-hybridized carbons (Fsp3) is 0.429. The van der Waals surface area contributed by atoms with Crippen LogP contribution < -0.4 is 4.74 Å². The zero-order valence-electron chi connectivity index (χ0n) is 10.6. The lowest BCUT2D eigenvalue weighted by molar-refractivity contribution is -0.142. The van der Waals surface area contributed by atoms with Gasteiger partial charge in [-0.3, -0.25) is 9.59 Å². The van der Waals surface area contributed by atoms with Gasteiger partial charge in [-0.05, 0) is 29.7 Å². The Kier molecular flexibility index (Phi) is 2.69. The van der Waals surface area contributed by atoms with Crippen molar-refractivity contribution in [3.05, 3.63) is 29.3 Å². The molecule has 5 heteroatoms. The predicted molar refractivity (Wildman–Crippen MR) is 66.5 cm³/mol. The number of amides is 1. The lowest BCUT2D eigenvalue weighted by Crippen LogP contribution is -2.28. The molecule has 1 aromatic rings. The van der Waals surface area contributed by atoms with E-state index in [1.54, 1.807) is 12.0 Å². The molecule has 5 nitrogen and oxygen atoms in total. The first-order valence-corrected chi connectivity index (χ1v) is 6.27. The Bertz CT molecular complexity index is 554. The Balaban J connectivity index is 1.70. The third-order valence-electron chi connectivity index (χ3n) is 3.87. The van der Waals surface area contributed by atoms with Crippen molar-refractivity contribution in [3.8, 4) is 5.75 Å². The molecule has 1 aliphatic heterocycles. The number of fused-ring (bicyclic) bond motifs is 1. The van der Waals surface area contributed by atoms with Gasteiger partial charge in [0.2, 0.25) is 5.91 Å². The molecule has 0 spiro atoms. The second kappa shape index (κ2) is 4.26. The molecule has 0 aromatic heterocycles. The molecule has 0 bridgehead atoms. The fourth-order valence-corrected chi connectivity index (χ4v) is 2.63. The first-order valence-electron chi connectivity index (χ1n) is 6.27. The number of rotatable bonds is 3. The molecular formula is C14H15NO4. The summed E-state index contributed by atoms with van der Waals surface area (Å²) in [5.41, 5.74) is 2.20. The van der Waals surface area contributed by atoms with E-state index < -0.39 is 11.9 Å². The van der Waals surface area contributed by atoms with E-state index in [-0.39, 0.29) is 11.8 Å². The molecule has 19 heavy (non-hydrogen) atoms. The van der Waals surface area contributed by atoms with Crippen LogP contribution in [0.5, 0.6) is 5.75 Å². The SMILES string of the molecule is COc1ccc2c(c1)CN(C(=O)[C@@H]1C[C@H]1C(=O)O)C2. The standard InChI is InChI=1S/C14H15NO4/c1-19-10-3-2-8-6-15(7-9(8)4-10)13(16)11-5-12(11)14(17)18/h2-4,11-12H,5-7H2,1H3,(H,17,18)/t11-,12-/m1/s1. The van der Waals surface area contributed by atoms with Gasteiger partial charge in [-0.15, -0.1) is 0 Å². The van der Waals surface area contributed by atoms with E-state index >= 15 is 0 Å². The van der Waals surface area contributed by atoms with Crippen molar-refractivity contribution in [2.45, 2.75) is 19.5 Å². The second-order valence-corrected chi connectivity index (χ2v) is 5.12. The van der Waals surface area contributed by atoms with E-state index in [9.17, 15) is 9.59 Å². The van der Waals surface area contributed by atoms with Gasteiger partial charge < -0.3 is 14.7 Å². The van der Waals surface area contributed by atoms with Crippen molar-refractivity contribution in [2.75, 3.05) is 7.11 Å². The number of ether oxygens (including phenoxy) is 1. The van der Waals surface area contributed by atoms with Crippen LogP contribution in [0.2, 0.25) is 0 Å². The minimum atomic E-state index is -0.864. The number of carbonyl (C=O) groups excluding carboxylic acids is 1. The number of nitrogens with zero attached hydrogens (tertiary/aromatic N) is 1. The summed E-state index contributed by atoms with van der Waals surface area (Å²) in [6.45, 7) is 1.12. The predicted octanol–water partition coefficient (Wildman–Crippen LogP) is 1.26. The Morgan fingerprint density at radius 1 is 1.26 bits per heavy atom. The minimum absolute atomic E-state index is 0.0393. The number of hydrogen-bond acceptors (Lipinski definition) is 3. The van der Waals surface area contributed by atoms with Gasteiger partial charge in [0, 0.05) is 13.1 Å². The van der Waals surface area contributed by atoms with E-state index in [1.165, 1.54) is 0 Å². The maximum Gasteiger partial charge on any atom is 0.307 e. The van der Waals surface area contributed by atoms with Gasteiger partial charge in [-0.25, -0.2) is 0 Å². The van der Waals surface area contributed by atoms with Crippen LogP contribution in [-0.4, -0.2) is 29.0 Å². The summed E-state index contributed by atoms with van der Waals surface area (Å²) in [4.78, 5) is 24.7. The molecule has 100 valence electrons. The third kappa shape index (κ3) is 2.05. The van der Waals surface area contributed by atoms with Crippen LogP contribution in [0.15, 0.2) is 18.2 Å². The molecule has 0 saturated heterocycles. The number of benzene rings is 1. The number of carboxylic acid groups (broad SMARTS) is 1. The van der Waals surface area contributed by atoms with Gasteiger partial charge >= 0.3 is 5.97 Å². The summed E-state index contributed by atoms with van der Waals surface area (Å²) in [5, 5.41) is 8.87. The van der Waals surface area contributed by atoms with Crippen LogP contribution >= 0.6 is 0 Å². The number of carbonyl (C=O) groups is 2. The average Bonchev–Trinajstić information content (AvgIpc) is 3.09. The molecule has 2 aliphatic rings. The molecule has 1 saturated carbocycles. The Morgan fingerprint density at radius 3 is 2.63 bits per heavy atom. The molecule has 1 aromatic carbocycles. The second-order valence-electron chi connectivity index (χ2n) is 5.12. The first kappa shape index (κ1) is 12.0. The molecule has 1 fully saturated rings. The highest BCUT2D eigenvalue weighted by Gasteiger charge is 2.50. The van der Waals surface area contributed by atoms with Crippen LogP contribution in [0.3, 0.4) is 0 Å². The zero-order valence-corrected chi connectivity index (χ0v) is 10.6. The van der Waals surface area contributed by atoms with E-state index in [4.69, 9.17) is 9.84 Å². The Labute approximate surface area is 110 Å². The summed E-state index contributed by atoms with van der Waals surface area (Å²) in [6, 6.07) is 5.78. The molecule has 3 rings (SSSR count). The molecule has 2 atom stereocenters. The topological polar surface area (TPSA) is 66.8 Å². The summed E-state index contributed by atoms with van der Waals surface area (Å²) < 4.78 is 5.16. The van der Waals surface area contributed by atoms with Gasteiger partial charge in [0.1, 0.15) is 5.75 Å². The van der Waals surface area contributed by atoms with E-state index in [0.29, 0.717) is 19.5 Å². The van der Waals surface area contributed by atoms with E-state index in [0.717, 1.165) is 16.9 Å². The summed E-state index contributed by atoms with van der Waals surface area (Å²) in [6.07, 6.45) is 0.477. The monoisotopic (exact) mass is 261 g/mol. The van der Waals surface area contributed by atoms with Gasteiger partial charge in [0.25, 0.3) is 0 Å². The van der Waals surface area contributed by atoms with Crippen molar-refractivity contribution in [1.29, 1.82) is 0 Å². The van der Waals surface area contributed by atoms with Crippen molar-refractivity contribution in [2.24, 2.45) is 11.8 Å². The number of hydrogen-bond donors (Lipinski definition) is 1. The fourth-order valence-electron chi connectivity index (χ4n) is 2.63. The minimum Gasteiger partial charge on any atom is -0.497 e. The van der Waals surface area contributed by atoms with Crippen LogP contribution in [0.4, 0.5) is 0 Å². The maximum atomic E-state index is 12.2. The first-order chi connectivity index (χ1) is 9.10. The van der Waals surface area contributed by atoms with Crippen molar-refractivity contribution in [1.82, 2.24) is 4.90 Å². The largest absolute Gasteiger partial charge is 0.497 e. The molecule has 1 amide bonds. The van der Waals surface area contributed by atoms with Crippen molar-refractivity contribution in [3.63, 3.8) is 0 Å². The van der Waals surface area contributed by atoms with Gasteiger partial charge in [0.15, 0.2) is 0 Å². The highest BCUT2D eigenvalue weighted by atomic mass is 16.5. The number of methoxy groups -OCH3 is 1. The van der Waals surface area contributed by atoms with E-state index in [1.807, 2.05) is 18.2 Å². The van der Waals surface area contributed by atoms with Gasteiger partial charge in [0.05, 0.1) is 18.9 Å². The molecule has 1 aliphatic carbocycles. The molecule has 0 radical (unpaired) electrons. The highest BCUT2D eigenvalue weighted by molar-refractivity contribution is 5.89. The summed E-state index contributed by atoms with van der Waals surface area (Å²) in [5.74, 6) is -0.929. The zero-order chi connectivity index (χ0) is 13.6. The number of aliphatic carboxylic acids is 1. The number of carboxylic acids is 1. The molecule has 0 unspecified atom stereocenters. The van der Waals surface area contributed by atoms with Crippen molar-refractivity contribution >= 4 is 11.9 Å². The summed E-state index contributed by atoms with van der Waals surface area (Å²) >= 11 is 0. The van der Waals surface area contributed by atoms with Crippen LogP contribution in [0, 0.1) is 11.8 Å². The average molecular weight is 261 g/mol. The normalized spacial score (nSPS) is 23.9. The van der Waals surface area contributed by atoms with Gasteiger partial charge in [-0.2, -0.15) is 0 Å². The molecular weight excluding hydrogens is 246 g/mol. The van der Waals surface area contributed by atoms with Crippen LogP contribution in [-0.2, 0) is 22.7 Å². The lowest BCUT2D eigenvalue weighted by atomic mass is 10.1. The van der Waals surface area contributed by atoms with Gasteiger partial charge in [-0.1, -0.05) is 6.07 Å². The maximum absolute atomic E-state index is 12.2. The highest BCUT2D eigenvalue weighted by Crippen LogP contribution is 2.41. The molecule has 1 heterocycles.